The van der Waals surface area contributed by atoms with Gasteiger partial charge in [-0.15, -0.1) is 11.8 Å². The molecule has 0 amide bonds. The fourth-order valence-electron chi connectivity index (χ4n) is 1.22. The maximum absolute atomic E-state index is 5.65. The van der Waals surface area contributed by atoms with Crippen LogP contribution in [0.15, 0.2) is 29.4 Å². The van der Waals surface area contributed by atoms with E-state index in [0.29, 0.717) is 0 Å². The van der Waals surface area contributed by atoms with Crippen LogP contribution in [0.3, 0.4) is 0 Å². The lowest BCUT2D eigenvalue weighted by atomic mass is 10.2. The number of hydrogen-bond donors (Lipinski definition) is 0. The standard InChI is InChI=1S/C12H16O2S/c1-9-5-6-11(12(7-9)13-3)14-10(2)8-15-4/h5-8H,1-4H3/b10-8+. The maximum Gasteiger partial charge on any atom is 0.168 e. The van der Waals surface area contributed by atoms with Gasteiger partial charge in [-0.05, 0) is 37.8 Å². The van der Waals surface area contributed by atoms with Crippen molar-refractivity contribution in [1.29, 1.82) is 0 Å². The van der Waals surface area contributed by atoms with Crippen LogP contribution in [0, 0.1) is 6.92 Å². The van der Waals surface area contributed by atoms with Gasteiger partial charge in [0.25, 0.3) is 0 Å². The van der Waals surface area contributed by atoms with Gasteiger partial charge in [0.1, 0.15) is 5.76 Å². The van der Waals surface area contributed by atoms with Gasteiger partial charge in [-0.1, -0.05) is 6.07 Å². The highest BCUT2D eigenvalue weighted by Crippen LogP contribution is 2.29. The summed E-state index contributed by atoms with van der Waals surface area (Å²) in [5.74, 6) is 2.39. The average Bonchev–Trinajstić information content (AvgIpc) is 2.21. The molecule has 0 N–H and O–H groups in total. The Labute approximate surface area is 95.3 Å². The Morgan fingerprint density at radius 1 is 1.33 bits per heavy atom. The summed E-state index contributed by atoms with van der Waals surface area (Å²) in [6.07, 6.45) is 2.00. The van der Waals surface area contributed by atoms with Gasteiger partial charge in [0.15, 0.2) is 11.5 Å². The number of rotatable bonds is 4. The largest absolute Gasteiger partial charge is 0.493 e. The molecule has 3 heteroatoms. The van der Waals surface area contributed by atoms with Crippen LogP contribution >= 0.6 is 11.8 Å². The molecule has 0 saturated heterocycles. The summed E-state index contributed by atoms with van der Waals surface area (Å²) in [7, 11) is 1.65. The SMILES string of the molecule is COc1cc(C)ccc1O/C(C)=C/SC. The van der Waals surface area contributed by atoms with Crippen molar-refractivity contribution in [2.24, 2.45) is 0 Å². The van der Waals surface area contributed by atoms with E-state index in [1.165, 1.54) is 0 Å². The van der Waals surface area contributed by atoms with E-state index in [9.17, 15) is 0 Å². The Morgan fingerprint density at radius 2 is 2.07 bits per heavy atom. The zero-order chi connectivity index (χ0) is 11.3. The third kappa shape index (κ3) is 3.51. The first-order valence-corrected chi connectivity index (χ1v) is 5.98. The van der Waals surface area contributed by atoms with E-state index < -0.39 is 0 Å². The summed E-state index contributed by atoms with van der Waals surface area (Å²) in [5, 5.41) is 1.96. The zero-order valence-electron chi connectivity index (χ0n) is 9.53. The first-order chi connectivity index (χ1) is 7.17. The van der Waals surface area contributed by atoms with Crippen molar-refractivity contribution < 1.29 is 9.47 Å². The Hall–Kier alpha value is -1.09. The Morgan fingerprint density at radius 3 is 2.67 bits per heavy atom. The zero-order valence-corrected chi connectivity index (χ0v) is 10.4. The van der Waals surface area contributed by atoms with E-state index >= 15 is 0 Å². The molecule has 82 valence electrons. The second-order valence-corrected chi connectivity index (χ2v) is 3.93. The van der Waals surface area contributed by atoms with Crippen LogP contribution in [0.2, 0.25) is 0 Å². The summed E-state index contributed by atoms with van der Waals surface area (Å²) in [6.45, 7) is 3.95. The molecule has 0 bridgehead atoms. The molecule has 0 aliphatic rings. The van der Waals surface area contributed by atoms with Gasteiger partial charge in [0.2, 0.25) is 0 Å². The molecule has 0 spiro atoms. The summed E-state index contributed by atoms with van der Waals surface area (Å²) in [4.78, 5) is 0. The normalized spacial score (nSPS) is 11.3. The quantitative estimate of drug-likeness (QED) is 0.728. The minimum Gasteiger partial charge on any atom is -0.493 e. The second kappa shape index (κ2) is 5.71. The van der Waals surface area contributed by atoms with Crippen molar-refractivity contribution in [1.82, 2.24) is 0 Å². The monoisotopic (exact) mass is 224 g/mol. The van der Waals surface area contributed by atoms with E-state index in [1.54, 1.807) is 18.9 Å². The molecule has 0 aliphatic heterocycles. The third-order valence-corrected chi connectivity index (χ3v) is 2.44. The van der Waals surface area contributed by atoms with E-state index in [4.69, 9.17) is 9.47 Å². The summed E-state index contributed by atoms with van der Waals surface area (Å²) < 4.78 is 10.9. The van der Waals surface area contributed by atoms with Crippen LogP contribution in [0.25, 0.3) is 0 Å². The number of ether oxygens (including phenoxy) is 2. The number of allylic oxidation sites excluding steroid dienone is 1. The fraction of sp³-hybridized carbons (Fsp3) is 0.333. The highest BCUT2D eigenvalue weighted by atomic mass is 32.2. The molecule has 0 radical (unpaired) electrons. The Balaban J connectivity index is 2.89. The fourth-order valence-corrected chi connectivity index (χ4v) is 1.60. The van der Waals surface area contributed by atoms with Gasteiger partial charge in [-0.2, -0.15) is 0 Å². The van der Waals surface area contributed by atoms with Gasteiger partial charge in [-0.25, -0.2) is 0 Å². The van der Waals surface area contributed by atoms with Crippen LogP contribution in [-0.2, 0) is 0 Å². The molecule has 0 unspecified atom stereocenters. The first-order valence-electron chi connectivity index (χ1n) is 4.69. The van der Waals surface area contributed by atoms with Crippen LogP contribution in [0.5, 0.6) is 11.5 Å². The average molecular weight is 224 g/mol. The molecule has 1 aromatic carbocycles. The molecule has 0 atom stereocenters. The first kappa shape index (κ1) is 12.0. The molecule has 15 heavy (non-hydrogen) atoms. The molecule has 0 aromatic heterocycles. The topological polar surface area (TPSA) is 18.5 Å². The van der Waals surface area contributed by atoms with E-state index in [1.807, 2.05) is 43.7 Å². The Kier molecular flexibility index (Phi) is 4.56. The molecular formula is C12H16O2S. The van der Waals surface area contributed by atoms with Crippen molar-refractivity contribution in [3.8, 4) is 11.5 Å². The highest BCUT2D eigenvalue weighted by Gasteiger charge is 2.04. The van der Waals surface area contributed by atoms with Gasteiger partial charge < -0.3 is 9.47 Å². The van der Waals surface area contributed by atoms with Gasteiger partial charge >= 0.3 is 0 Å². The van der Waals surface area contributed by atoms with Crippen molar-refractivity contribution >= 4 is 11.8 Å². The summed E-state index contributed by atoms with van der Waals surface area (Å²) in [5.41, 5.74) is 1.16. The van der Waals surface area contributed by atoms with E-state index in [2.05, 4.69) is 0 Å². The van der Waals surface area contributed by atoms with Crippen LogP contribution in [0.1, 0.15) is 12.5 Å². The minimum atomic E-state index is 0.755. The van der Waals surface area contributed by atoms with Crippen molar-refractivity contribution in [3.05, 3.63) is 34.9 Å². The number of thioether (sulfide) groups is 1. The predicted molar refractivity (Wildman–Crippen MR) is 65.6 cm³/mol. The van der Waals surface area contributed by atoms with Gasteiger partial charge in [0, 0.05) is 5.41 Å². The lowest BCUT2D eigenvalue weighted by Gasteiger charge is -2.10. The number of benzene rings is 1. The van der Waals surface area contributed by atoms with E-state index in [0.717, 1.165) is 22.8 Å². The molecule has 0 fully saturated rings. The molecule has 0 saturated carbocycles. The molecule has 1 aromatic rings. The lowest BCUT2D eigenvalue weighted by Crippen LogP contribution is -1.94. The summed E-state index contributed by atoms with van der Waals surface area (Å²) in [6, 6.07) is 5.89. The predicted octanol–water partition coefficient (Wildman–Crippen LogP) is 3.61. The number of hydrogen-bond acceptors (Lipinski definition) is 3. The maximum atomic E-state index is 5.65. The van der Waals surface area contributed by atoms with Crippen molar-refractivity contribution in [2.45, 2.75) is 13.8 Å². The third-order valence-electron chi connectivity index (χ3n) is 1.87. The van der Waals surface area contributed by atoms with Gasteiger partial charge in [-0.3, -0.25) is 0 Å². The molecule has 0 aliphatic carbocycles. The second-order valence-electron chi connectivity index (χ2n) is 3.22. The van der Waals surface area contributed by atoms with Crippen molar-refractivity contribution in [2.75, 3.05) is 13.4 Å². The Bertz CT molecular complexity index is 359. The minimum absolute atomic E-state index is 0.755. The van der Waals surface area contributed by atoms with Gasteiger partial charge in [0.05, 0.1) is 7.11 Å². The van der Waals surface area contributed by atoms with Crippen molar-refractivity contribution in [3.63, 3.8) is 0 Å². The molecular weight excluding hydrogens is 208 g/mol. The van der Waals surface area contributed by atoms with Crippen LogP contribution in [0.4, 0.5) is 0 Å². The molecule has 1 rings (SSSR count). The van der Waals surface area contributed by atoms with E-state index in [-0.39, 0.29) is 0 Å². The summed E-state index contributed by atoms with van der Waals surface area (Å²) >= 11 is 1.62. The highest BCUT2D eigenvalue weighted by molar-refractivity contribution is 8.01. The van der Waals surface area contributed by atoms with Crippen LogP contribution < -0.4 is 9.47 Å². The smallest absolute Gasteiger partial charge is 0.168 e. The number of aryl methyl sites for hydroxylation is 1. The molecule has 2 nitrogen and oxygen atoms in total. The molecule has 0 heterocycles. The van der Waals surface area contributed by atoms with Crippen LogP contribution in [-0.4, -0.2) is 13.4 Å². The lowest BCUT2D eigenvalue weighted by molar-refractivity contribution is 0.362. The number of methoxy groups -OCH3 is 1.